The van der Waals surface area contributed by atoms with Crippen molar-refractivity contribution >= 4 is 11.4 Å². The van der Waals surface area contributed by atoms with Crippen molar-refractivity contribution in [2.45, 2.75) is 38.4 Å². The number of allylic oxidation sites excluding steroid dienone is 2. The highest BCUT2D eigenvalue weighted by atomic mass is 19.4. The fraction of sp³-hybridized carbons (Fsp3) is 0.400. The van der Waals surface area contributed by atoms with Crippen molar-refractivity contribution in [3.8, 4) is 5.75 Å². The number of halogens is 4. The van der Waals surface area contributed by atoms with Gasteiger partial charge >= 0.3 is 6.18 Å². The summed E-state index contributed by atoms with van der Waals surface area (Å²) in [6, 6.07) is 6.95. The number of pyridine rings is 1. The topological polar surface area (TPSA) is 28.6 Å². The lowest BCUT2D eigenvalue weighted by Gasteiger charge is -2.43. The van der Waals surface area contributed by atoms with E-state index in [0.29, 0.717) is 23.5 Å². The molecular weight excluding hydrogens is 434 g/mol. The van der Waals surface area contributed by atoms with Crippen LogP contribution in [0.2, 0.25) is 0 Å². The minimum Gasteiger partial charge on any atom is -0.494 e. The van der Waals surface area contributed by atoms with Crippen molar-refractivity contribution in [2.75, 3.05) is 25.1 Å². The molecule has 4 rings (SSSR count). The minimum absolute atomic E-state index is 0.0265. The van der Waals surface area contributed by atoms with Crippen molar-refractivity contribution in [2.24, 2.45) is 5.92 Å². The lowest BCUT2D eigenvalue weighted by molar-refractivity contribution is -0.137. The predicted molar refractivity (Wildman–Crippen MR) is 120 cm³/mol. The van der Waals surface area contributed by atoms with Crippen molar-refractivity contribution in [3.05, 3.63) is 72.0 Å². The van der Waals surface area contributed by atoms with E-state index in [-0.39, 0.29) is 17.8 Å². The van der Waals surface area contributed by atoms with E-state index in [1.807, 2.05) is 11.8 Å². The Morgan fingerprint density at radius 2 is 1.82 bits per heavy atom. The molecule has 176 valence electrons. The average molecular weight is 462 g/mol. The summed E-state index contributed by atoms with van der Waals surface area (Å²) in [6.45, 7) is 7.48. The van der Waals surface area contributed by atoms with Crippen LogP contribution in [0.3, 0.4) is 0 Å². The quantitative estimate of drug-likeness (QED) is 0.460. The number of nitrogens with zero attached hydrogens (tertiary/aromatic N) is 3. The van der Waals surface area contributed by atoms with Gasteiger partial charge in [0.1, 0.15) is 17.3 Å². The molecule has 4 nitrogen and oxygen atoms in total. The van der Waals surface area contributed by atoms with E-state index in [0.717, 1.165) is 49.3 Å². The van der Waals surface area contributed by atoms with Gasteiger partial charge in [-0.15, -0.1) is 0 Å². The molecule has 1 aliphatic carbocycles. The minimum atomic E-state index is -4.39. The summed E-state index contributed by atoms with van der Waals surface area (Å²) in [5.41, 5.74) is 2.36. The molecule has 0 spiro atoms. The van der Waals surface area contributed by atoms with Gasteiger partial charge in [0.2, 0.25) is 0 Å². The van der Waals surface area contributed by atoms with Gasteiger partial charge in [-0.3, -0.25) is 4.98 Å². The molecule has 0 saturated carbocycles. The summed E-state index contributed by atoms with van der Waals surface area (Å²) in [4.78, 5) is 8.44. The van der Waals surface area contributed by atoms with Gasteiger partial charge in [0, 0.05) is 55.1 Å². The van der Waals surface area contributed by atoms with Gasteiger partial charge in [0.25, 0.3) is 0 Å². The standard InChI is InChI=1S/C25H27F4N3O/c1-16-21(14-22(16)26)17(2)31-12-9-20(10-13-31)32(23-15-30-11-8-24(23)33-3)19-6-4-18(5-7-19)25(27,28)29/h4-8,11,15,20-21H,2,9-10,12-14H2,1,3H3. The summed E-state index contributed by atoms with van der Waals surface area (Å²) >= 11 is 0. The first kappa shape index (κ1) is 23.1. The highest BCUT2D eigenvalue weighted by Gasteiger charge is 2.35. The molecule has 2 aromatic rings. The molecule has 0 amide bonds. The van der Waals surface area contributed by atoms with E-state index in [1.54, 1.807) is 25.6 Å². The second-order valence-corrected chi connectivity index (χ2v) is 8.52. The van der Waals surface area contributed by atoms with Gasteiger partial charge in [-0.25, -0.2) is 4.39 Å². The molecule has 1 aliphatic heterocycles. The molecule has 0 bridgehead atoms. The maximum atomic E-state index is 13.5. The summed E-state index contributed by atoms with van der Waals surface area (Å²) in [5.74, 6) is 0.613. The van der Waals surface area contributed by atoms with Crippen LogP contribution >= 0.6 is 0 Å². The van der Waals surface area contributed by atoms with E-state index in [2.05, 4.69) is 16.5 Å². The number of piperidine rings is 1. The van der Waals surface area contributed by atoms with Gasteiger partial charge in [-0.2, -0.15) is 13.2 Å². The van der Waals surface area contributed by atoms with Crippen molar-refractivity contribution in [3.63, 3.8) is 0 Å². The van der Waals surface area contributed by atoms with Crippen LogP contribution in [-0.2, 0) is 6.18 Å². The Kier molecular flexibility index (Phi) is 6.36. The SMILES string of the molecule is C=C(C1CC(F)=C1C)N1CCC(N(c2ccc(C(F)(F)F)cc2)c2cnccc2OC)CC1. The lowest BCUT2D eigenvalue weighted by Crippen LogP contribution is -2.44. The first-order chi connectivity index (χ1) is 15.7. The van der Waals surface area contributed by atoms with Crippen LogP contribution in [0.4, 0.5) is 28.9 Å². The number of anilines is 2. The number of hydrogen-bond donors (Lipinski definition) is 0. The summed E-state index contributed by atoms with van der Waals surface area (Å²) in [6.07, 6.45) is 0.830. The van der Waals surface area contributed by atoms with Crippen molar-refractivity contribution in [1.82, 2.24) is 9.88 Å². The maximum absolute atomic E-state index is 13.5. The van der Waals surface area contributed by atoms with E-state index < -0.39 is 11.7 Å². The molecule has 2 aliphatic rings. The lowest BCUT2D eigenvalue weighted by atomic mass is 9.81. The van der Waals surface area contributed by atoms with E-state index in [4.69, 9.17) is 4.74 Å². The van der Waals surface area contributed by atoms with Crippen LogP contribution in [-0.4, -0.2) is 36.1 Å². The van der Waals surface area contributed by atoms with Crippen LogP contribution in [0.25, 0.3) is 0 Å². The third-order valence-corrected chi connectivity index (χ3v) is 6.69. The Morgan fingerprint density at radius 1 is 1.15 bits per heavy atom. The largest absolute Gasteiger partial charge is 0.494 e. The zero-order chi connectivity index (χ0) is 23.8. The summed E-state index contributed by atoms with van der Waals surface area (Å²) < 4.78 is 58.4. The normalized spacial score (nSPS) is 19.3. The second kappa shape index (κ2) is 9.08. The smallest absolute Gasteiger partial charge is 0.416 e. The van der Waals surface area contributed by atoms with E-state index in [1.165, 1.54) is 12.1 Å². The zero-order valence-electron chi connectivity index (χ0n) is 18.7. The Labute approximate surface area is 191 Å². The highest BCUT2D eigenvalue weighted by molar-refractivity contribution is 5.69. The number of methoxy groups -OCH3 is 1. The molecule has 0 N–H and O–H groups in total. The average Bonchev–Trinajstić information content (AvgIpc) is 2.82. The van der Waals surface area contributed by atoms with Crippen molar-refractivity contribution in [1.29, 1.82) is 0 Å². The molecule has 8 heteroatoms. The first-order valence-electron chi connectivity index (χ1n) is 10.9. The number of benzene rings is 1. The molecule has 1 aromatic carbocycles. The van der Waals surface area contributed by atoms with E-state index >= 15 is 0 Å². The van der Waals surface area contributed by atoms with Crippen LogP contribution in [0.15, 0.2) is 66.4 Å². The van der Waals surface area contributed by atoms with Crippen LogP contribution in [0.1, 0.15) is 31.7 Å². The highest BCUT2D eigenvalue weighted by Crippen LogP contribution is 2.43. The molecule has 1 saturated heterocycles. The number of rotatable bonds is 6. The number of aromatic nitrogens is 1. The maximum Gasteiger partial charge on any atom is 0.416 e. The number of likely N-dealkylation sites (tertiary alicyclic amines) is 1. The molecule has 33 heavy (non-hydrogen) atoms. The summed E-state index contributed by atoms with van der Waals surface area (Å²) in [5, 5.41) is 0. The van der Waals surface area contributed by atoms with Gasteiger partial charge < -0.3 is 14.5 Å². The van der Waals surface area contributed by atoms with E-state index in [9.17, 15) is 17.6 Å². The fourth-order valence-corrected chi connectivity index (χ4v) is 4.64. The number of alkyl halides is 3. The van der Waals surface area contributed by atoms with Crippen molar-refractivity contribution < 1.29 is 22.3 Å². The van der Waals surface area contributed by atoms with Crippen LogP contribution in [0.5, 0.6) is 5.75 Å². The molecule has 1 unspecified atom stereocenters. The molecule has 1 aromatic heterocycles. The number of ether oxygens (including phenoxy) is 1. The van der Waals surface area contributed by atoms with Crippen LogP contribution < -0.4 is 9.64 Å². The van der Waals surface area contributed by atoms with Crippen LogP contribution in [0, 0.1) is 5.92 Å². The zero-order valence-corrected chi connectivity index (χ0v) is 18.7. The molecule has 1 fully saturated rings. The molecular formula is C25H27F4N3O. The summed E-state index contributed by atoms with van der Waals surface area (Å²) in [7, 11) is 1.56. The first-order valence-corrected chi connectivity index (χ1v) is 10.9. The monoisotopic (exact) mass is 461 g/mol. The molecule has 0 radical (unpaired) electrons. The number of hydrogen-bond acceptors (Lipinski definition) is 4. The Morgan fingerprint density at radius 3 is 2.36 bits per heavy atom. The van der Waals surface area contributed by atoms with Gasteiger partial charge in [0.15, 0.2) is 0 Å². The molecule has 2 heterocycles. The second-order valence-electron chi connectivity index (χ2n) is 8.52. The van der Waals surface area contributed by atoms with Gasteiger partial charge in [-0.05, 0) is 49.6 Å². The molecule has 1 atom stereocenters. The third-order valence-electron chi connectivity index (χ3n) is 6.69. The van der Waals surface area contributed by atoms with Gasteiger partial charge in [-0.1, -0.05) is 6.58 Å². The Hall–Kier alpha value is -3.03. The third kappa shape index (κ3) is 4.56. The Balaban J connectivity index is 1.58. The Bertz CT molecular complexity index is 1040. The predicted octanol–water partition coefficient (Wildman–Crippen LogP) is 6.49. The fourth-order valence-electron chi connectivity index (χ4n) is 4.64. The van der Waals surface area contributed by atoms with Gasteiger partial charge in [0.05, 0.1) is 18.9 Å².